The number of rotatable bonds is 4. The smallest absolute Gasteiger partial charge is 0.191 e. The number of aryl methyl sites for hydroxylation is 3. The average molecular weight is 419 g/mol. The lowest BCUT2D eigenvalue weighted by Gasteiger charge is -2.10. The van der Waals surface area contributed by atoms with Gasteiger partial charge in [-0.25, -0.2) is 4.98 Å². The lowest BCUT2D eigenvalue weighted by molar-refractivity contribution is 0.801. The van der Waals surface area contributed by atoms with Gasteiger partial charge < -0.3 is 15.2 Å². The van der Waals surface area contributed by atoms with Crippen molar-refractivity contribution in [1.82, 2.24) is 20.2 Å². The van der Waals surface area contributed by atoms with Crippen LogP contribution in [0, 0.1) is 13.8 Å². The molecule has 21 heavy (non-hydrogen) atoms. The van der Waals surface area contributed by atoms with Crippen LogP contribution in [0.2, 0.25) is 0 Å². The molecule has 7 heteroatoms. The van der Waals surface area contributed by atoms with Gasteiger partial charge in [-0.15, -0.1) is 35.3 Å². The van der Waals surface area contributed by atoms with Crippen molar-refractivity contribution >= 4 is 41.3 Å². The van der Waals surface area contributed by atoms with Gasteiger partial charge in [-0.2, -0.15) is 0 Å². The van der Waals surface area contributed by atoms with E-state index in [-0.39, 0.29) is 24.0 Å². The van der Waals surface area contributed by atoms with E-state index in [4.69, 9.17) is 0 Å². The topological polar surface area (TPSA) is 54.2 Å². The second-order valence-corrected chi connectivity index (χ2v) is 6.00. The molecule has 0 unspecified atom stereocenters. The largest absolute Gasteiger partial charge is 0.357 e. The lowest BCUT2D eigenvalue weighted by Crippen LogP contribution is -2.36. The first kappa shape index (κ1) is 18.0. The second kappa shape index (κ2) is 8.38. The van der Waals surface area contributed by atoms with E-state index in [1.54, 1.807) is 18.4 Å². The first-order chi connectivity index (χ1) is 9.58. The van der Waals surface area contributed by atoms with Crippen molar-refractivity contribution in [1.29, 1.82) is 0 Å². The zero-order valence-corrected chi connectivity index (χ0v) is 16.0. The van der Waals surface area contributed by atoms with Crippen LogP contribution >= 0.6 is 35.3 Å². The van der Waals surface area contributed by atoms with Gasteiger partial charge in [0.25, 0.3) is 0 Å². The van der Waals surface area contributed by atoms with Crippen LogP contribution in [0.1, 0.15) is 21.1 Å². The van der Waals surface area contributed by atoms with Gasteiger partial charge in [0.2, 0.25) is 0 Å². The van der Waals surface area contributed by atoms with Crippen molar-refractivity contribution in [2.24, 2.45) is 12.0 Å². The number of thiazole rings is 1. The summed E-state index contributed by atoms with van der Waals surface area (Å²) < 4.78 is 2.04. The molecule has 0 aliphatic heterocycles. The number of aliphatic imine (C=N–C) groups is 1. The van der Waals surface area contributed by atoms with E-state index >= 15 is 0 Å². The predicted octanol–water partition coefficient (Wildman–Crippen LogP) is 2.58. The summed E-state index contributed by atoms with van der Waals surface area (Å²) in [5.74, 6) is 0.791. The third-order valence-corrected chi connectivity index (χ3v) is 4.13. The Hall–Kier alpha value is -1.09. The Bertz CT molecular complexity index is 583. The standard InChI is InChI=1S/C14H21N5S.HI/c1-10-11(2)20-13(18-10)8-17-14(15-3)16-7-12-5-6-19(4)9-12;/h5-6,9H,7-8H2,1-4H3,(H2,15,16,17);1H. The van der Waals surface area contributed by atoms with Gasteiger partial charge in [-0.1, -0.05) is 0 Å². The molecule has 2 N–H and O–H groups in total. The molecule has 2 aromatic rings. The molecule has 0 saturated carbocycles. The Kier molecular flexibility index (Phi) is 7.16. The Labute approximate surface area is 146 Å². The molecular formula is C14H22IN5S. The third-order valence-electron chi connectivity index (χ3n) is 3.06. The summed E-state index contributed by atoms with van der Waals surface area (Å²) in [6, 6.07) is 2.09. The van der Waals surface area contributed by atoms with E-state index in [9.17, 15) is 0 Å². The molecule has 0 radical (unpaired) electrons. The van der Waals surface area contributed by atoms with Gasteiger partial charge in [0.15, 0.2) is 5.96 Å². The van der Waals surface area contributed by atoms with E-state index < -0.39 is 0 Å². The monoisotopic (exact) mass is 419 g/mol. The van der Waals surface area contributed by atoms with Gasteiger partial charge in [0, 0.05) is 37.9 Å². The number of guanidine groups is 1. The Morgan fingerprint density at radius 1 is 1.33 bits per heavy atom. The molecule has 0 aliphatic rings. The summed E-state index contributed by atoms with van der Waals surface area (Å²) in [6.45, 7) is 5.60. The van der Waals surface area contributed by atoms with Crippen LogP contribution in [0.5, 0.6) is 0 Å². The van der Waals surface area contributed by atoms with Crippen LogP contribution in [0.15, 0.2) is 23.5 Å². The second-order valence-electron chi connectivity index (χ2n) is 4.71. The van der Waals surface area contributed by atoms with Crippen LogP contribution in [0.3, 0.4) is 0 Å². The maximum absolute atomic E-state index is 4.51. The minimum Gasteiger partial charge on any atom is -0.357 e. The summed E-state index contributed by atoms with van der Waals surface area (Å²) >= 11 is 1.72. The van der Waals surface area contributed by atoms with Crippen molar-refractivity contribution < 1.29 is 0 Å². The maximum Gasteiger partial charge on any atom is 0.191 e. The highest BCUT2D eigenvalue weighted by atomic mass is 127. The minimum atomic E-state index is 0. The average Bonchev–Trinajstić information content (AvgIpc) is 2.97. The molecule has 5 nitrogen and oxygen atoms in total. The van der Waals surface area contributed by atoms with E-state index in [0.717, 1.165) is 23.2 Å². The highest BCUT2D eigenvalue weighted by molar-refractivity contribution is 14.0. The Balaban J connectivity index is 0.00000220. The number of halogens is 1. The third kappa shape index (κ3) is 5.31. The highest BCUT2D eigenvalue weighted by Crippen LogP contribution is 2.15. The van der Waals surface area contributed by atoms with Crippen molar-refractivity contribution in [2.75, 3.05) is 7.05 Å². The molecule has 0 amide bonds. The summed E-state index contributed by atoms with van der Waals surface area (Å²) in [6.07, 6.45) is 4.13. The fourth-order valence-corrected chi connectivity index (χ4v) is 2.72. The van der Waals surface area contributed by atoms with Gasteiger partial charge in [0.1, 0.15) is 5.01 Å². The minimum absolute atomic E-state index is 0. The molecule has 2 aromatic heterocycles. The molecule has 0 aliphatic carbocycles. The van der Waals surface area contributed by atoms with Gasteiger partial charge >= 0.3 is 0 Å². The summed E-state index contributed by atoms with van der Waals surface area (Å²) in [4.78, 5) is 10.00. The quantitative estimate of drug-likeness (QED) is 0.455. The molecule has 0 spiro atoms. The molecule has 0 fully saturated rings. The first-order valence-electron chi connectivity index (χ1n) is 6.56. The Morgan fingerprint density at radius 3 is 2.57 bits per heavy atom. The predicted molar refractivity (Wildman–Crippen MR) is 99.5 cm³/mol. The summed E-state index contributed by atoms with van der Waals surface area (Å²) in [7, 11) is 3.79. The molecule has 0 saturated heterocycles. The number of nitrogens with zero attached hydrogens (tertiary/aromatic N) is 3. The van der Waals surface area contributed by atoms with Gasteiger partial charge in [0.05, 0.1) is 12.2 Å². The van der Waals surface area contributed by atoms with Crippen molar-refractivity contribution in [3.63, 3.8) is 0 Å². The van der Waals surface area contributed by atoms with E-state index in [1.165, 1.54) is 10.4 Å². The molecule has 2 heterocycles. The van der Waals surface area contributed by atoms with Crippen molar-refractivity contribution in [3.05, 3.63) is 39.6 Å². The molecule has 0 atom stereocenters. The number of nitrogens with one attached hydrogen (secondary N) is 2. The number of aromatic nitrogens is 2. The SMILES string of the molecule is CN=C(NCc1ccn(C)c1)NCc1nc(C)c(C)s1.I. The summed E-state index contributed by atoms with van der Waals surface area (Å²) in [5, 5.41) is 7.66. The normalized spacial score (nSPS) is 11.1. The first-order valence-corrected chi connectivity index (χ1v) is 7.38. The molecule has 0 aromatic carbocycles. The van der Waals surface area contributed by atoms with E-state index in [0.29, 0.717) is 6.54 Å². The van der Waals surface area contributed by atoms with Crippen LogP contribution < -0.4 is 10.6 Å². The van der Waals surface area contributed by atoms with E-state index in [1.807, 2.05) is 24.7 Å². The number of hydrogen-bond acceptors (Lipinski definition) is 3. The van der Waals surface area contributed by atoms with E-state index in [2.05, 4.69) is 39.8 Å². The van der Waals surface area contributed by atoms with Gasteiger partial charge in [-0.3, -0.25) is 4.99 Å². The molecule has 116 valence electrons. The van der Waals surface area contributed by atoms with Gasteiger partial charge in [-0.05, 0) is 25.5 Å². The molecule has 0 bridgehead atoms. The van der Waals surface area contributed by atoms with Crippen molar-refractivity contribution in [3.8, 4) is 0 Å². The maximum atomic E-state index is 4.51. The zero-order chi connectivity index (χ0) is 14.5. The van der Waals surface area contributed by atoms with Crippen LogP contribution in [0.25, 0.3) is 0 Å². The summed E-state index contributed by atoms with van der Waals surface area (Å²) in [5.41, 5.74) is 2.34. The van der Waals surface area contributed by atoms with Crippen LogP contribution in [0.4, 0.5) is 0 Å². The fraction of sp³-hybridized carbons (Fsp3) is 0.429. The zero-order valence-electron chi connectivity index (χ0n) is 12.8. The highest BCUT2D eigenvalue weighted by Gasteiger charge is 2.05. The van der Waals surface area contributed by atoms with Crippen LogP contribution in [-0.2, 0) is 20.1 Å². The molecule has 2 rings (SSSR count). The molecular weight excluding hydrogens is 397 g/mol. The van der Waals surface area contributed by atoms with Crippen molar-refractivity contribution in [2.45, 2.75) is 26.9 Å². The fourth-order valence-electron chi connectivity index (χ4n) is 1.85. The Morgan fingerprint density at radius 2 is 2.05 bits per heavy atom. The van der Waals surface area contributed by atoms with Crippen LogP contribution in [-0.4, -0.2) is 22.6 Å². The number of hydrogen-bond donors (Lipinski definition) is 2. The lowest BCUT2D eigenvalue weighted by atomic mass is 10.3.